The molecule has 1 heterocycles. The normalized spacial score (nSPS) is 15.9. The van der Waals surface area contributed by atoms with Crippen LogP contribution < -0.4 is 5.32 Å². The zero-order chi connectivity index (χ0) is 18.6. The molecule has 1 aliphatic carbocycles. The molecule has 27 heavy (non-hydrogen) atoms. The quantitative estimate of drug-likeness (QED) is 0.678. The van der Waals surface area contributed by atoms with Crippen LogP contribution in [0.25, 0.3) is 0 Å². The van der Waals surface area contributed by atoms with Crippen molar-refractivity contribution in [1.82, 2.24) is 14.5 Å². The number of fused-ring (bicyclic) bond motifs is 1. The third-order valence-electron chi connectivity index (χ3n) is 5.26. The molecule has 1 atom stereocenters. The van der Waals surface area contributed by atoms with E-state index in [1.165, 1.54) is 11.1 Å². The molecule has 0 saturated carbocycles. The lowest BCUT2D eigenvalue weighted by atomic mass is 9.88. The maximum atomic E-state index is 12.1. The maximum absolute atomic E-state index is 12.1. The van der Waals surface area contributed by atoms with Gasteiger partial charge in [-0.2, -0.15) is 0 Å². The molecule has 0 spiro atoms. The number of nitrogens with zero attached hydrogens (tertiary/aromatic N) is 2. The van der Waals surface area contributed by atoms with Gasteiger partial charge in [0, 0.05) is 37.1 Å². The average molecular weight is 378 g/mol. The number of nitrogens with one attached hydrogen (secondary N) is 1. The summed E-state index contributed by atoms with van der Waals surface area (Å²) in [7, 11) is 0. The molecule has 3 aromatic rings. The molecule has 4 nitrogen and oxygen atoms in total. The summed E-state index contributed by atoms with van der Waals surface area (Å²) in [5.74, 6) is -0.0505. The highest BCUT2D eigenvalue weighted by atomic mass is 32.1. The first-order valence-corrected chi connectivity index (χ1v) is 9.80. The van der Waals surface area contributed by atoms with Gasteiger partial charge in [0.05, 0.1) is 0 Å². The number of hydrogen-bond acceptors (Lipinski definition) is 2. The molecule has 1 aliphatic rings. The summed E-state index contributed by atoms with van der Waals surface area (Å²) in [5.41, 5.74) is 3.57. The molecule has 4 rings (SSSR count). The van der Waals surface area contributed by atoms with Crippen molar-refractivity contribution < 1.29 is 4.79 Å². The van der Waals surface area contributed by atoms with Crippen LogP contribution in [-0.2, 0) is 19.4 Å². The topological polar surface area (TPSA) is 39.0 Å². The van der Waals surface area contributed by atoms with Gasteiger partial charge in [-0.05, 0) is 54.7 Å². The Kier molecular flexibility index (Phi) is 5.21. The molecule has 1 N–H and O–H groups in total. The van der Waals surface area contributed by atoms with E-state index < -0.39 is 0 Å². The van der Waals surface area contributed by atoms with Crippen LogP contribution in [0.4, 0.5) is 0 Å². The minimum Gasteiger partial charge on any atom is -0.350 e. The fraction of sp³-hybridized carbons (Fsp3) is 0.273. The van der Waals surface area contributed by atoms with Gasteiger partial charge in [-0.3, -0.25) is 4.79 Å². The predicted molar refractivity (Wildman–Crippen MR) is 110 cm³/mol. The lowest BCUT2D eigenvalue weighted by molar-refractivity contribution is 0.0952. The number of benzene rings is 2. The Morgan fingerprint density at radius 2 is 1.78 bits per heavy atom. The molecule has 0 fully saturated rings. The first-order valence-electron chi connectivity index (χ1n) is 9.39. The second kappa shape index (κ2) is 7.92. The molecular weight excluding hydrogens is 354 g/mol. The summed E-state index contributed by atoms with van der Waals surface area (Å²) in [6, 6.07) is 18.4. The first-order chi connectivity index (χ1) is 13.2. The fourth-order valence-corrected chi connectivity index (χ4v) is 4.14. The monoisotopic (exact) mass is 377 g/mol. The fourth-order valence-electron chi connectivity index (χ4n) is 3.77. The first kappa shape index (κ1) is 17.7. The van der Waals surface area contributed by atoms with E-state index in [0.29, 0.717) is 24.7 Å². The van der Waals surface area contributed by atoms with E-state index in [1.807, 2.05) is 41.1 Å². The summed E-state index contributed by atoms with van der Waals surface area (Å²) in [5, 5.41) is 2.96. The highest BCUT2D eigenvalue weighted by Gasteiger charge is 2.20. The third-order valence-corrected chi connectivity index (χ3v) is 5.71. The zero-order valence-corrected chi connectivity index (χ0v) is 16.0. The van der Waals surface area contributed by atoms with E-state index in [1.54, 1.807) is 0 Å². The van der Waals surface area contributed by atoms with Crippen molar-refractivity contribution in [1.29, 1.82) is 0 Å². The van der Waals surface area contributed by atoms with E-state index in [0.717, 1.165) is 24.0 Å². The Labute approximate surface area is 164 Å². The van der Waals surface area contributed by atoms with Crippen molar-refractivity contribution in [2.45, 2.75) is 31.8 Å². The van der Waals surface area contributed by atoms with E-state index in [2.05, 4.69) is 40.3 Å². The number of carbonyl (C=O) groups excluding carboxylic acids is 1. The second-order valence-electron chi connectivity index (χ2n) is 6.97. The summed E-state index contributed by atoms with van der Waals surface area (Å²) in [4.78, 5) is 12.1. The largest absolute Gasteiger partial charge is 0.350 e. The Morgan fingerprint density at radius 3 is 2.59 bits per heavy atom. The van der Waals surface area contributed by atoms with E-state index in [9.17, 15) is 4.79 Å². The van der Waals surface area contributed by atoms with Crippen molar-refractivity contribution in [3.8, 4) is 0 Å². The molecular formula is C22H23N3OS. The van der Waals surface area contributed by atoms with E-state index in [4.69, 9.17) is 12.2 Å². The van der Waals surface area contributed by atoms with Gasteiger partial charge in [-0.15, -0.1) is 0 Å². The Bertz CT molecular complexity index is 990. The summed E-state index contributed by atoms with van der Waals surface area (Å²) < 4.78 is 5.08. The average Bonchev–Trinajstić information content (AvgIpc) is 3.08. The molecule has 0 saturated heterocycles. The number of rotatable bonds is 5. The van der Waals surface area contributed by atoms with Crippen LogP contribution >= 0.6 is 12.2 Å². The number of hydrogen-bond donors (Lipinski definition) is 1. The van der Waals surface area contributed by atoms with E-state index in [-0.39, 0.29) is 5.91 Å². The van der Waals surface area contributed by atoms with Crippen LogP contribution in [0.2, 0.25) is 0 Å². The van der Waals surface area contributed by atoms with Crippen molar-refractivity contribution in [2.24, 2.45) is 0 Å². The molecule has 0 radical (unpaired) electrons. The summed E-state index contributed by atoms with van der Waals surface area (Å²) >= 11 is 5.69. The molecule has 1 aromatic heterocycles. The Hall–Kier alpha value is -2.66. The number of carbonyl (C=O) groups is 1. The van der Waals surface area contributed by atoms with Gasteiger partial charge >= 0.3 is 0 Å². The van der Waals surface area contributed by atoms with Crippen LogP contribution in [0.3, 0.4) is 0 Å². The molecule has 1 unspecified atom stereocenters. The summed E-state index contributed by atoms with van der Waals surface area (Å²) in [6.45, 7) is 1.23. The highest BCUT2D eigenvalue weighted by molar-refractivity contribution is 7.71. The SMILES string of the molecule is O=C(NCCn1ccn(C2CCc3ccccc3C2)c1=S)c1ccccc1. The molecule has 0 bridgehead atoms. The minimum absolute atomic E-state index is 0.0505. The van der Waals surface area contributed by atoms with Crippen molar-refractivity contribution >= 4 is 18.1 Å². The van der Waals surface area contributed by atoms with Gasteiger partial charge in [0.15, 0.2) is 4.77 Å². The van der Waals surface area contributed by atoms with Crippen LogP contribution in [0, 0.1) is 4.77 Å². The van der Waals surface area contributed by atoms with Crippen LogP contribution in [0.1, 0.15) is 33.9 Å². The Morgan fingerprint density at radius 1 is 1.04 bits per heavy atom. The van der Waals surface area contributed by atoms with Crippen molar-refractivity contribution in [3.63, 3.8) is 0 Å². The van der Waals surface area contributed by atoms with Gasteiger partial charge in [-0.1, -0.05) is 42.5 Å². The van der Waals surface area contributed by atoms with Gasteiger partial charge < -0.3 is 14.5 Å². The number of imidazole rings is 1. The van der Waals surface area contributed by atoms with Crippen LogP contribution in [0.15, 0.2) is 67.0 Å². The molecule has 5 heteroatoms. The molecule has 1 amide bonds. The summed E-state index contributed by atoms with van der Waals surface area (Å²) in [6.07, 6.45) is 7.34. The van der Waals surface area contributed by atoms with Crippen molar-refractivity contribution in [3.05, 3.63) is 88.5 Å². The third kappa shape index (κ3) is 3.88. The Balaban J connectivity index is 1.38. The highest BCUT2D eigenvalue weighted by Crippen LogP contribution is 2.29. The van der Waals surface area contributed by atoms with Gasteiger partial charge in [-0.25, -0.2) is 0 Å². The number of aryl methyl sites for hydroxylation is 1. The number of amides is 1. The lowest BCUT2D eigenvalue weighted by Crippen LogP contribution is -2.27. The van der Waals surface area contributed by atoms with Gasteiger partial charge in [0.25, 0.3) is 5.91 Å². The van der Waals surface area contributed by atoms with Crippen LogP contribution in [0.5, 0.6) is 0 Å². The smallest absolute Gasteiger partial charge is 0.251 e. The van der Waals surface area contributed by atoms with Gasteiger partial charge in [0.1, 0.15) is 0 Å². The molecule has 0 aliphatic heterocycles. The predicted octanol–water partition coefficient (Wildman–Crippen LogP) is 4.18. The standard InChI is InChI=1S/C22H23N3OS/c26-21(18-7-2-1-3-8-18)23-12-13-24-14-15-25(22(24)27)20-11-10-17-6-4-5-9-19(17)16-20/h1-9,14-15,20H,10-13,16H2,(H,23,26). The second-order valence-corrected chi connectivity index (χ2v) is 7.33. The van der Waals surface area contributed by atoms with Crippen molar-refractivity contribution in [2.75, 3.05) is 6.54 Å². The maximum Gasteiger partial charge on any atom is 0.251 e. The lowest BCUT2D eigenvalue weighted by Gasteiger charge is -2.25. The molecule has 138 valence electrons. The number of aromatic nitrogens is 2. The van der Waals surface area contributed by atoms with Crippen LogP contribution in [-0.4, -0.2) is 21.6 Å². The minimum atomic E-state index is -0.0505. The van der Waals surface area contributed by atoms with E-state index >= 15 is 0 Å². The zero-order valence-electron chi connectivity index (χ0n) is 15.2. The van der Waals surface area contributed by atoms with Gasteiger partial charge in [0.2, 0.25) is 0 Å². The molecule has 2 aromatic carbocycles.